The number of H-pyrrole nitrogens is 1. The number of thiophene rings is 1. The summed E-state index contributed by atoms with van der Waals surface area (Å²) in [5, 5.41) is 12.0. The normalized spacial score (nSPS) is 19.9. The average molecular weight is 459 g/mol. The maximum Gasteiger partial charge on any atom is 0.243 e. The number of nitrogens with one attached hydrogen (secondary N) is 2. The lowest BCUT2D eigenvalue weighted by Gasteiger charge is -2.36. The predicted molar refractivity (Wildman–Crippen MR) is 124 cm³/mol. The van der Waals surface area contributed by atoms with Gasteiger partial charge in [0.1, 0.15) is 11.9 Å². The predicted octanol–water partition coefficient (Wildman–Crippen LogP) is 3.56. The third-order valence-electron chi connectivity index (χ3n) is 5.23. The van der Waals surface area contributed by atoms with E-state index < -0.39 is 6.04 Å². The fourth-order valence-electron chi connectivity index (χ4n) is 3.77. The highest BCUT2D eigenvalue weighted by molar-refractivity contribution is 7.71. The van der Waals surface area contributed by atoms with E-state index >= 15 is 0 Å². The lowest BCUT2D eigenvalue weighted by atomic mass is 10.2. The van der Waals surface area contributed by atoms with E-state index in [1.54, 1.807) is 15.9 Å². The Morgan fingerprint density at radius 2 is 2.13 bits per heavy atom. The summed E-state index contributed by atoms with van der Waals surface area (Å²) in [6, 6.07) is 7.41. The molecular formula is C21H26N6O2S2. The van der Waals surface area contributed by atoms with Gasteiger partial charge in [0.05, 0.1) is 17.1 Å². The molecule has 3 aromatic rings. The van der Waals surface area contributed by atoms with Crippen LogP contribution >= 0.6 is 23.6 Å². The molecule has 0 saturated carbocycles. The topological polar surface area (TPSA) is 88.1 Å². The summed E-state index contributed by atoms with van der Waals surface area (Å²) >= 11 is 6.91. The van der Waals surface area contributed by atoms with Gasteiger partial charge in [0.25, 0.3) is 0 Å². The van der Waals surface area contributed by atoms with Crippen LogP contribution in [0.3, 0.4) is 0 Å². The minimum Gasteiger partial charge on any atom is -0.372 e. The molecule has 4 rings (SSSR count). The molecule has 3 aromatic heterocycles. The van der Waals surface area contributed by atoms with Gasteiger partial charge in [-0.25, -0.2) is 4.98 Å². The summed E-state index contributed by atoms with van der Waals surface area (Å²) in [6.07, 6.45) is 2.17. The van der Waals surface area contributed by atoms with Gasteiger partial charge < -0.3 is 15.0 Å². The van der Waals surface area contributed by atoms with Crippen molar-refractivity contribution in [3.8, 4) is 10.7 Å². The first-order chi connectivity index (χ1) is 14.9. The Bertz CT molecular complexity index is 1070. The van der Waals surface area contributed by atoms with E-state index in [0.717, 1.165) is 29.3 Å². The van der Waals surface area contributed by atoms with Crippen molar-refractivity contribution in [2.75, 3.05) is 18.0 Å². The molecule has 0 aromatic carbocycles. The third-order valence-corrected chi connectivity index (χ3v) is 6.39. The van der Waals surface area contributed by atoms with Crippen molar-refractivity contribution in [2.24, 2.45) is 0 Å². The van der Waals surface area contributed by atoms with E-state index in [9.17, 15) is 4.79 Å². The van der Waals surface area contributed by atoms with Gasteiger partial charge >= 0.3 is 0 Å². The Kier molecular flexibility index (Phi) is 6.49. The molecule has 0 spiro atoms. The Morgan fingerprint density at radius 1 is 1.35 bits per heavy atom. The van der Waals surface area contributed by atoms with Crippen molar-refractivity contribution >= 4 is 35.3 Å². The fraction of sp³-hybridized carbons (Fsp3) is 0.429. The van der Waals surface area contributed by atoms with E-state index in [2.05, 4.69) is 39.2 Å². The molecule has 164 valence electrons. The van der Waals surface area contributed by atoms with Crippen LogP contribution in [0.4, 0.5) is 5.82 Å². The van der Waals surface area contributed by atoms with Gasteiger partial charge in [0, 0.05) is 25.8 Å². The van der Waals surface area contributed by atoms with Gasteiger partial charge in [-0.3, -0.25) is 14.5 Å². The standard InChI is InChI=1S/C21H26N6O2S2/c1-13-11-26(12-14(2)29-13)18-7-6-16(9-22-18)10-23-20(28)15(3)27-19(24-25-21(27)30)17-5-4-8-31-17/h4-9,13-15H,10-12H2,1-3H3,(H,23,28)(H,25,30). The van der Waals surface area contributed by atoms with Crippen molar-refractivity contribution in [3.63, 3.8) is 0 Å². The molecule has 1 amide bonds. The number of anilines is 1. The molecule has 10 heteroatoms. The Labute approximate surface area is 190 Å². The van der Waals surface area contributed by atoms with Crippen molar-refractivity contribution in [3.05, 3.63) is 46.2 Å². The number of carbonyl (C=O) groups is 1. The third kappa shape index (κ3) is 4.86. The molecule has 0 aliphatic carbocycles. The van der Waals surface area contributed by atoms with Gasteiger partial charge in [0.2, 0.25) is 5.91 Å². The average Bonchev–Trinajstić information content (AvgIpc) is 3.40. The molecule has 31 heavy (non-hydrogen) atoms. The number of amides is 1. The Morgan fingerprint density at radius 3 is 2.77 bits per heavy atom. The molecule has 4 heterocycles. The second-order valence-corrected chi connectivity index (χ2v) is 9.11. The van der Waals surface area contributed by atoms with Crippen LogP contribution in [-0.2, 0) is 16.1 Å². The van der Waals surface area contributed by atoms with Crippen LogP contribution in [0, 0.1) is 4.77 Å². The van der Waals surface area contributed by atoms with Gasteiger partial charge in [-0.15, -0.1) is 11.3 Å². The summed E-state index contributed by atoms with van der Waals surface area (Å²) in [5.74, 6) is 1.47. The lowest BCUT2D eigenvalue weighted by molar-refractivity contribution is -0.124. The summed E-state index contributed by atoms with van der Waals surface area (Å²) in [4.78, 5) is 20.6. The number of rotatable bonds is 6. The molecule has 0 radical (unpaired) electrons. The van der Waals surface area contributed by atoms with Gasteiger partial charge in [-0.1, -0.05) is 12.1 Å². The Hall–Kier alpha value is -2.56. The van der Waals surface area contributed by atoms with E-state index in [1.165, 1.54) is 0 Å². The van der Waals surface area contributed by atoms with E-state index in [0.29, 0.717) is 17.1 Å². The molecule has 1 aliphatic rings. The van der Waals surface area contributed by atoms with E-state index in [1.807, 2.05) is 42.8 Å². The number of pyridine rings is 1. The highest BCUT2D eigenvalue weighted by Crippen LogP contribution is 2.25. The summed E-state index contributed by atoms with van der Waals surface area (Å²) < 4.78 is 7.96. The second kappa shape index (κ2) is 9.29. The minimum absolute atomic E-state index is 0.129. The molecule has 0 bridgehead atoms. The largest absolute Gasteiger partial charge is 0.372 e. The second-order valence-electron chi connectivity index (χ2n) is 7.78. The molecule has 8 nitrogen and oxygen atoms in total. The number of hydrogen-bond acceptors (Lipinski definition) is 7. The van der Waals surface area contributed by atoms with Crippen LogP contribution in [0.25, 0.3) is 10.7 Å². The van der Waals surface area contributed by atoms with Crippen molar-refractivity contribution < 1.29 is 9.53 Å². The summed E-state index contributed by atoms with van der Waals surface area (Å²) in [6.45, 7) is 8.01. The highest BCUT2D eigenvalue weighted by Gasteiger charge is 2.23. The fourth-order valence-corrected chi connectivity index (χ4v) is 4.77. The molecular weight excluding hydrogens is 432 g/mol. The van der Waals surface area contributed by atoms with Gasteiger partial charge in [-0.2, -0.15) is 5.10 Å². The maximum absolute atomic E-state index is 12.8. The number of morpholine rings is 1. The van der Waals surface area contributed by atoms with Crippen LogP contribution < -0.4 is 10.2 Å². The van der Waals surface area contributed by atoms with E-state index in [-0.39, 0.29) is 18.1 Å². The maximum atomic E-state index is 12.8. The number of carbonyl (C=O) groups excluding carboxylic acids is 1. The smallest absolute Gasteiger partial charge is 0.243 e. The quantitative estimate of drug-likeness (QED) is 0.549. The van der Waals surface area contributed by atoms with Crippen molar-refractivity contribution in [1.29, 1.82) is 0 Å². The van der Waals surface area contributed by atoms with Crippen LogP contribution in [0.1, 0.15) is 32.4 Å². The molecule has 1 aliphatic heterocycles. The number of aromatic nitrogens is 4. The zero-order chi connectivity index (χ0) is 22.0. The number of aromatic amines is 1. The Balaban J connectivity index is 1.39. The zero-order valence-electron chi connectivity index (χ0n) is 17.7. The van der Waals surface area contributed by atoms with Crippen LogP contribution in [0.2, 0.25) is 0 Å². The molecule has 3 unspecified atom stereocenters. The number of hydrogen-bond donors (Lipinski definition) is 2. The van der Waals surface area contributed by atoms with Gasteiger partial charge in [-0.05, 0) is 56.1 Å². The molecule has 2 N–H and O–H groups in total. The lowest BCUT2D eigenvalue weighted by Crippen LogP contribution is -2.45. The number of ether oxygens (including phenoxy) is 1. The van der Waals surface area contributed by atoms with Crippen LogP contribution in [-0.4, -0.2) is 51.0 Å². The first kappa shape index (κ1) is 21.7. The first-order valence-corrected chi connectivity index (χ1v) is 11.5. The van der Waals surface area contributed by atoms with Crippen LogP contribution in [0.5, 0.6) is 0 Å². The zero-order valence-corrected chi connectivity index (χ0v) is 19.4. The molecule has 1 saturated heterocycles. The van der Waals surface area contributed by atoms with E-state index in [4.69, 9.17) is 17.0 Å². The summed E-state index contributed by atoms with van der Waals surface area (Å²) in [5.41, 5.74) is 0.938. The SMILES string of the molecule is CC1CN(c2ccc(CNC(=O)C(C)n3c(-c4cccs4)n[nH]c3=S)cn2)CC(C)O1. The molecule has 1 fully saturated rings. The van der Waals surface area contributed by atoms with Crippen molar-refractivity contribution in [1.82, 2.24) is 25.1 Å². The summed E-state index contributed by atoms with van der Waals surface area (Å²) in [7, 11) is 0. The first-order valence-electron chi connectivity index (χ1n) is 10.3. The number of nitrogens with zero attached hydrogens (tertiary/aromatic N) is 4. The van der Waals surface area contributed by atoms with Gasteiger partial charge in [0.15, 0.2) is 10.6 Å². The van der Waals surface area contributed by atoms with Crippen molar-refractivity contribution in [2.45, 2.75) is 45.6 Å². The minimum atomic E-state index is -0.494. The highest BCUT2D eigenvalue weighted by atomic mass is 32.1. The monoisotopic (exact) mass is 458 g/mol. The molecule has 3 atom stereocenters. The van der Waals surface area contributed by atoms with Crippen LogP contribution in [0.15, 0.2) is 35.8 Å².